The molecule has 21 heavy (non-hydrogen) atoms. The zero-order valence-corrected chi connectivity index (χ0v) is 12.6. The van der Waals surface area contributed by atoms with Crippen LogP contribution >= 0.6 is 11.3 Å². The monoisotopic (exact) mass is 301 g/mol. The van der Waals surface area contributed by atoms with Gasteiger partial charge in [0.15, 0.2) is 4.96 Å². The average molecular weight is 301 g/mol. The number of rotatable bonds is 4. The number of pyridine rings is 1. The van der Waals surface area contributed by atoms with Gasteiger partial charge in [-0.3, -0.25) is 14.2 Å². The molecule has 0 saturated heterocycles. The molecular formula is C15H15N3O2S. The first-order valence-electron chi connectivity index (χ1n) is 6.74. The predicted molar refractivity (Wildman–Crippen MR) is 81.8 cm³/mol. The van der Waals surface area contributed by atoms with Gasteiger partial charge in [0.2, 0.25) is 0 Å². The number of carbonyl (C=O) groups is 1. The molecule has 0 aliphatic carbocycles. The maximum atomic E-state index is 11.2. The third-order valence-electron chi connectivity index (χ3n) is 3.42. The minimum Gasteiger partial charge on any atom is -0.481 e. The summed E-state index contributed by atoms with van der Waals surface area (Å²) >= 11 is 1.59. The summed E-state index contributed by atoms with van der Waals surface area (Å²) in [7, 11) is 0. The highest BCUT2D eigenvalue weighted by Crippen LogP contribution is 2.30. The molecule has 5 nitrogen and oxygen atoms in total. The average Bonchev–Trinajstić information content (AvgIpc) is 2.95. The Labute approximate surface area is 125 Å². The third kappa shape index (κ3) is 2.31. The second kappa shape index (κ2) is 5.29. The Kier molecular flexibility index (Phi) is 3.47. The Morgan fingerprint density at radius 1 is 1.38 bits per heavy atom. The Balaban J connectivity index is 2.30. The van der Waals surface area contributed by atoms with E-state index in [4.69, 9.17) is 0 Å². The highest BCUT2D eigenvalue weighted by atomic mass is 32.1. The molecule has 0 aliphatic rings. The van der Waals surface area contributed by atoms with Gasteiger partial charge in [-0.25, -0.2) is 4.98 Å². The second-order valence-corrected chi connectivity index (χ2v) is 5.95. The molecule has 0 unspecified atom stereocenters. The number of carboxylic acid groups (broad SMARTS) is 1. The number of aliphatic carboxylic acids is 1. The molecule has 3 heterocycles. The first-order chi connectivity index (χ1) is 10.1. The summed E-state index contributed by atoms with van der Waals surface area (Å²) in [5.41, 5.74) is 3.21. The van der Waals surface area contributed by atoms with Crippen LogP contribution in [0.3, 0.4) is 0 Å². The van der Waals surface area contributed by atoms with E-state index in [-0.39, 0.29) is 6.42 Å². The number of hydrogen-bond donors (Lipinski definition) is 1. The van der Waals surface area contributed by atoms with E-state index in [2.05, 4.69) is 16.9 Å². The van der Waals surface area contributed by atoms with Gasteiger partial charge in [0.05, 0.1) is 17.8 Å². The van der Waals surface area contributed by atoms with Gasteiger partial charge >= 0.3 is 5.97 Å². The number of aromatic nitrogens is 3. The van der Waals surface area contributed by atoms with Gasteiger partial charge in [0, 0.05) is 16.8 Å². The molecule has 0 saturated carbocycles. The smallest absolute Gasteiger partial charge is 0.309 e. The summed E-state index contributed by atoms with van der Waals surface area (Å²) in [6, 6.07) is 5.57. The molecule has 0 radical (unpaired) electrons. The molecule has 0 spiro atoms. The van der Waals surface area contributed by atoms with E-state index in [1.807, 2.05) is 29.5 Å². The predicted octanol–water partition coefficient (Wildman–Crippen LogP) is 2.96. The molecule has 6 heteroatoms. The van der Waals surface area contributed by atoms with Crippen LogP contribution in [0.5, 0.6) is 0 Å². The first-order valence-corrected chi connectivity index (χ1v) is 7.56. The number of fused-ring (bicyclic) bond motifs is 1. The van der Waals surface area contributed by atoms with Gasteiger partial charge in [-0.2, -0.15) is 0 Å². The second-order valence-electron chi connectivity index (χ2n) is 4.77. The fourth-order valence-corrected chi connectivity index (χ4v) is 3.63. The number of hydrogen-bond acceptors (Lipinski definition) is 4. The van der Waals surface area contributed by atoms with E-state index in [9.17, 15) is 9.90 Å². The van der Waals surface area contributed by atoms with E-state index >= 15 is 0 Å². The maximum Gasteiger partial charge on any atom is 0.309 e. The topological polar surface area (TPSA) is 67.5 Å². The van der Waals surface area contributed by atoms with Crippen LogP contribution in [0.2, 0.25) is 0 Å². The highest BCUT2D eigenvalue weighted by Gasteiger charge is 2.21. The fraction of sp³-hybridized carbons (Fsp3) is 0.267. The van der Waals surface area contributed by atoms with Crippen molar-refractivity contribution in [3.05, 3.63) is 40.7 Å². The lowest BCUT2D eigenvalue weighted by Gasteiger charge is -2.04. The lowest BCUT2D eigenvalue weighted by Crippen LogP contribution is -2.06. The maximum absolute atomic E-state index is 11.2. The molecule has 108 valence electrons. The lowest BCUT2D eigenvalue weighted by atomic mass is 10.1. The number of thiazole rings is 1. The fourth-order valence-electron chi connectivity index (χ4n) is 2.55. The van der Waals surface area contributed by atoms with Crippen molar-refractivity contribution in [3.63, 3.8) is 0 Å². The quantitative estimate of drug-likeness (QED) is 0.804. The van der Waals surface area contributed by atoms with Crippen LogP contribution in [0.1, 0.15) is 23.2 Å². The summed E-state index contributed by atoms with van der Waals surface area (Å²) in [6.45, 7) is 4.11. The molecular weight excluding hydrogens is 286 g/mol. The summed E-state index contributed by atoms with van der Waals surface area (Å²) in [6.07, 6.45) is 2.48. The number of aryl methyl sites for hydroxylation is 2. The number of nitrogens with zero attached hydrogens (tertiary/aromatic N) is 3. The first kappa shape index (κ1) is 13.8. The molecule has 0 aromatic carbocycles. The molecule has 0 atom stereocenters. The lowest BCUT2D eigenvalue weighted by molar-refractivity contribution is -0.136. The van der Waals surface area contributed by atoms with E-state index in [1.165, 1.54) is 4.88 Å². The minimum absolute atomic E-state index is 0.0593. The van der Waals surface area contributed by atoms with Crippen LogP contribution in [0, 0.1) is 6.92 Å². The Hall–Kier alpha value is -2.21. The van der Waals surface area contributed by atoms with Crippen molar-refractivity contribution in [1.82, 2.24) is 14.4 Å². The van der Waals surface area contributed by atoms with E-state index in [1.54, 1.807) is 17.5 Å². The van der Waals surface area contributed by atoms with E-state index in [0.29, 0.717) is 17.1 Å². The van der Waals surface area contributed by atoms with Gasteiger partial charge in [-0.1, -0.05) is 13.0 Å². The molecule has 3 rings (SSSR count). The zero-order valence-electron chi connectivity index (χ0n) is 11.8. The Morgan fingerprint density at radius 2 is 2.19 bits per heavy atom. The van der Waals surface area contributed by atoms with Crippen molar-refractivity contribution in [2.75, 3.05) is 0 Å². The molecule has 0 fully saturated rings. The standard InChI is InChI=1S/C15H15N3O2S/c1-3-11-9(2)21-15-17-14(10-6-4-5-7-16-10)12(18(11)15)8-13(19)20/h4-7H,3,8H2,1-2H3,(H,19,20). The molecule has 0 aliphatic heterocycles. The van der Waals surface area contributed by atoms with Crippen LogP contribution < -0.4 is 0 Å². The van der Waals surface area contributed by atoms with Crippen molar-refractivity contribution in [2.24, 2.45) is 0 Å². The largest absolute Gasteiger partial charge is 0.481 e. The van der Waals surface area contributed by atoms with E-state index < -0.39 is 5.97 Å². The van der Waals surface area contributed by atoms with Crippen LogP contribution in [-0.4, -0.2) is 25.4 Å². The van der Waals surface area contributed by atoms with Gasteiger partial charge in [-0.05, 0) is 25.5 Å². The summed E-state index contributed by atoms with van der Waals surface area (Å²) < 4.78 is 1.98. The SMILES string of the molecule is CCc1c(C)sc2nc(-c3ccccn3)c(CC(=O)O)n12. The number of carboxylic acids is 1. The molecule has 3 aromatic heterocycles. The summed E-state index contributed by atoms with van der Waals surface area (Å²) in [5, 5.41) is 9.23. The van der Waals surface area contributed by atoms with Gasteiger partial charge in [0.1, 0.15) is 5.69 Å². The van der Waals surface area contributed by atoms with Crippen molar-refractivity contribution in [3.8, 4) is 11.4 Å². The third-order valence-corrected chi connectivity index (χ3v) is 4.42. The van der Waals surface area contributed by atoms with Crippen LogP contribution in [-0.2, 0) is 17.6 Å². The van der Waals surface area contributed by atoms with Crippen molar-refractivity contribution in [2.45, 2.75) is 26.7 Å². The van der Waals surface area contributed by atoms with Crippen molar-refractivity contribution in [1.29, 1.82) is 0 Å². The Bertz CT molecular complexity index is 805. The summed E-state index contributed by atoms with van der Waals surface area (Å²) in [5.74, 6) is -0.861. The van der Waals surface area contributed by atoms with Gasteiger partial charge < -0.3 is 5.11 Å². The van der Waals surface area contributed by atoms with Crippen molar-refractivity contribution >= 4 is 22.3 Å². The molecule has 0 amide bonds. The highest BCUT2D eigenvalue weighted by molar-refractivity contribution is 7.17. The van der Waals surface area contributed by atoms with E-state index in [0.717, 1.165) is 17.1 Å². The van der Waals surface area contributed by atoms with Crippen molar-refractivity contribution < 1.29 is 9.90 Å². The van der Waals surface area contributed by atoms with Gasteiger partial charge in [-0.15, -0.1) is 11.3 Å². The normalized spacial score (nSPS) is 11.1. The van der Waals surface area contributed by atoms with Gasteiger partial charge in [0.25, 0.3) is 0 Å². The summed E-state index contributed by atoms with van der Waals surface area (Å²) in [4.78, 5) is 22.2. The number of imidazole rings is 1. The molecule has 1 N–H and O–H groups in total. The van der Waals surface area contributed by atoms with Crippen LogP contribution in [0.4, 0.5) is 0 Å². The Morgan fingerprint density at radius 3 is 2.81 bits per heavy atom. The molecule has 0 bridgehead atoms. The zero-order chi connectivity index (χ0) is 15.0. The molecule has 3 aromatic rings. The van der Waals surface area contributed by atoms with Crippen LogP contribution in [0.25, 0.3) is 16.3 Å². The van der Waals surface area contributed by atoms with Crippen LogP contribution in [0.15, 0.2) is 24.4 Å². The minimum atomic E-state index is -0.861.